The predicted octanol–water partition coefficient (Wildman–Crippen LogP) is 7.60. The highest BCUT2D eigenvalue weighted by Crippen LogP contribution is 2.44. The van der Waals surface area contributed by atoms with Crippen molar-refractivity contribution in [2.24, 2.45) is 10.8 Å². The van der Waals surface area contributed by atoms with Gasteiger partial charge in [0.05, 0.1) is 33.5 Å². The van der Waals surface area contributed by atoms with Crippen molar-refractivity contribution in [3.05, 3.63) is 146 Å². The van der Waals surface area contributed by atoms with E-state index in [0.717, 1.165) is 25.3 Å². The van der Waals surface area contributed by atoms with Crippen molar-refractivity contribution in [3.63, 3.8) is 0 Å². The number of hydrogen-bond donors (Lipinski definition) is 6. The molecule has 67 heavy (non-hydrogen) atoms. The Kier molecular flexibility index (Phi) is 14.2. The molecule has 0 spiro atoms. The maximum Gasteiger partial charge on any atom is 0.253 e. The molecule has 0 fully saturated rings. The molecule has 0 aliphatic heterocycles. The number of nitrogens with one attached hydrogen (secondary N) is 4. The zero-order valence-corrected chi connectivity index (χ0v) is 41.3. The number of nitrogens with zero attached hydrogens (tertiary/aromatic N) is 2. The molecule has 6 aromatic rings. The Morgan fingerprint density at radius 1 is 0.582 bits per heavy atom. The Morgan fingerprint density at radius 3 is 1.46 bits per heavy atom. The fourth-order valence-corrected chi connectivity index (χ4v) is 10.8. The number of phenolic OH excluding ortho intramolecular Hbond substituents is 2. The van der Waals surface area contributed by atoms with E-state index in [1.54, 1.807) is 0 Å². The second-order valence-corrected chi connectivity index (χ2v) is 23.5. The topological polar surface area (TPSA) is 232 Å². The molecular formula is C47H52Cl2N6O10S2. The molecule has 0 saturated heterocycles. The third-order valence-corrected chi connectivity index (χ3v) is 16.0. The largest absolute Gasteiger partial charge is 0.504 e. The lowest BCUT2D eigenvalue weighted by atomic mass is 9.77. The van der Waals surface area contributed by atoms with Crippen molar-refractivity contribution in [1.29, 1.82) is 0 Å². The van der Waals surface area contributed by atoms with Crippen LogP contribution in [0.4, 0.5) is 34.1 Å². The van der Waals surface area contributed by atoms with Crippen LogP contribution in [0, 0.1) is 10.8 Å². The van der Waals surface area contributed by atoms with Crippen LogP contribution >= 0.6 is 23.2 Å². The van der Waals surface area contributed by atoms with E-state index in [4.69, 9.17) is 23.2 Å². The molecule has 6 N–H and O–H groups in total. The van der Waals surface area contributed by atoms with E-state index in [1.165, 1.54) is 52.5 Å². The van der Waals surface area contributed by atoms with Crippen LogP contribution in [-0.2, 0) is 26.5 Å². The summed E-state index contributed by atoms with van der Waals surface area (Å²) in [7, 11) is -3.29. The van der Waals surface area contributed by atoms with Crippen LogP contribution in [0.1, 0.15) is 69.8 Å². The van der Waals surface area contributed by atoms with E-state index in [9.17, 15) is 46.2 Å². The lowest BCUT2D eigenvalue weighted by molar-refractivity contribution is 0.311. The first kappa shape index (κ1) is 50.6. The van der Waals surface area contributed by atoms with Gasteiger partial charge in [-0.1, -0.05) is 112 Å². The number of aromatic hydroxyl groups is 2. The maximum atomic E-state index is 13.2. The van der Waals surface area contributed by atoms with Crippen molar-refractivity contribution < 1.29 is 27.0 Å². The molecular weight excluding hydrogens is 944 g/mol. The van der Waals surface area contributed by atoms with Crippen molar-refractivity contribution in [3.8, 4) is 11.5 Å². The first-order chi connectivity index (χ1) is 31.1. The molecule has 0 radical (unpaired) electrons. The van der Waals surface area contributed by atoms with Gasteiger partial charge in [-0.2, -0.15) is 0 Å². The van der Waals surface area contributed by atoms with Gasteiger partial charge in [0, 0.05) is 28.2 Å². The number of phenols is 2. The summed E-state index contributed by atoms with van der Waals surface area (Å²) in [6.45, 7) is 9.99. The molecule has 0 aliphatic rings. The quantitative estimate of drug-likeness (QED) is 0.0360. The van der Waals surface area contributed by atoms with Crippen LogP contribution in [0.3, 0.4) is 0 Å². The van der Waals surface area contributed by atoms with E-state index < -0.39 is 86.0 Å². The van der Waals surface area contributed by atoms with Crippen LogP contribution in [0.25, 0.3) is 0 Å². The van der Waals surface area contributed by atoms with Gasteiger partial charge in [-0.05, 0) is 64.6 Å². The second kappa shape index (κ2) is 18.7. The predicted molar refractivity (Wildman–Crippen MR) is 264 cm³/mol. The van der Waals surface area contributed by atoms with Gasteiger partial charge >= 0.3 is 0 Å². The average molecular weight is 996 g/mol. The maximum absolute atomic E-state index is 13.2. The van der Waals surface area contributed by atoms with E-state index in [1.807, 2.05) is 75.4 Å². The Labute approximate surface area is 398 Å². The second-order valence-electron chi connectivity index (χ2n) is 18.5. The van der Waals surface area contributed by atoms with E-state index >= 15 is 0 Å². The van der Waals surface area contributed by atoms with Gasteiger partial charge in [0.15, 0.2) is 11.5 Å². The van der Waals surface area contributed by atoms with Gasteiger partial charge in [-0.25, -0.2) is 25.4 Å². The lowest BCUT2D eigenvalue weighted by Crippen LogP contribution is -2.39. The van der Waals surface area contributed by atoms with E-state index in [-0.39, 0.29) is 44.2 Å². The van der Waals surface area contributed by atoms with Crippen LogP contribution in [-0.4, -0.2) is 63.8 Å². The van der Waals surface area contributed by atoms with E-state index in [2.05, 4.69) is 35.1 Å². The van der Waals surface area contributed by atoms with Gasteiger partial charge < -0.3 is 31.5 Å². The molecule has 6 rings (SSSR count). The van der Waals surface area contributed by atoms with Crippen LogP contribution in [0.15, 0.2) is 108 Å². The summed E-state index contributed by atoms with van der Waals surface area (Å²) in [5.74, 6) is -1.44. The zero-order valence-electron chi connectivity index (χ0n) is 38.2. The summed E-state index contributed by atoms with van der Waals surface area (Å²) >= 11 is 12.4. The van der Waals surface area contributed by atoms with Crippen LogP contribution in [0.5, 0.6) is 11.5 Å². The normalized spacial score (nSPS) is 13.6. The Morgan fingerprint density at radius 2 is 1.01 bits per heavy atom. The number of halogens is 2. The Balaban J connectivity index is 1.26. The number of rotatable bonds is 18. The van der Waals surface area contributed by atoms with Gasteiger partial charge in [0.25, 0.3) is 21.7 Å². The number of hydrogen-bond acceptors (Lipinski definition) is 14. The van der Waals surface area contributed by atoms with Gasteiger partial charge in [-0.15, -0.1) is 0 Å². The molecule has 16 nitrogen and oxygen atoms in total. The lowest BCUT2D eigenvalue weighted by Gasteiger charge is -2.35. The molecule has 0 amide bonds. The smallest absolute Gasteiger partial charge is 0.253 e. The molecule has 0 bridgehead atoms. The fourth-order valence-electron chi connectivity index (χ4n) is 7.83. The Hall–Kier alpha value is -5.76. The minimum Gasteiger partial charge on any atom is -0.504 e. The van der Waals surface area contributed by atoms with Crippen LogP contribution < -0.4 is 43.0 Å². The number of benzene rings is 4. The average Bonchev–Trinajstić information content (AvgIpc) is 3.24. The summed E-state index contributed by atoms with van der Waals surface area (Å²) in [5, 5.41) is 33.7. The highest BCUT2D eigenvalue weighted by atomic mass is 35.5. The number of sulfonamides is 2. The third kappa shape index (κ3) is 10.1. The zero-order chi connectivity index (χ0) is 49.7. The van der Waals surface area contributed by atoms with Crippen molar-refractivity contribution >= 4 is 77.4 Å². The summed E-state index contributed by atoms with van der Waals surface area (Å²) in [4.78, 5) is 51.2. The third-order valence-electron chi connectivity index (χ3n) is 11.4. The molecule has 0 heterocycles. The standard InChI is InChI=1S/C47H52Cl2N6O10S2/c1-46(2,3)45(53-36-35(41(60)42(36)61)51-31-21-19-29(49)44(38(31)57)67(64,65)55(8)9)27-17-13-14-25(22-27)23-47(4,5)24-32(26-15-11-10-12-16-26)52-34-33(39(58)40(34)59)50-30-20-18-28(48)43(37(30)56)66(62,63)54(6)7/h10-22,32,45,50-53,56-57H,23-24H2,1-9H3/t32?,45-/m1/s1. The first-order valence-corrected chi connectivity index (χ1v) is 24.5. The van der Waals surface area contributed by atoms with Gasteiger partial charge in [-0.3, -0.25) is 19.2 Å². The minimum absolute atomic E-state index is 0.0420. The molecule has 0 aromatic heterocycles. The summed E-state index contributed by atoms with van der Waals surface area (Å²) in [6.07, 6.45) is 0.952. The molecule has 2 atom stereocenters. The highest BCUT2D eigenvalue weighted by molar-refractivity contribution is 7.89. The molecule has 0 saturated carbocycles. The number of anilines is 6. The fraction of sp³-hybridized carbons (Fsp3) is 0.319. The highest BCUT2D eigenvalue weighted by Gasteiger charge is 2.35. The monoisotopic (exact) mass is 994 g/mol. The van der Waals surface area contributed by atoms with Crippen molar-refractivity contribution in [2.45, 2.75) is 69.3 Å². The molecule has 20 heteroatoms. The summed E-state index contributed by atoms with van der Waals surface area (Å²) in [5.41, 5.74) is -2.52. The van der Waals surface area contributed by atoms with Gasteiger partial charge in [0.1, 0.15) is 32.5 Å². The summed E-state index contributed by atoms with van der Waals surface area (Å²) < 4.78 is 53.7. The first-order valence-electron chi connectivity index (χ1n) is 20.8. The molecule has 6 aromatic carbocycles. The summed E-state index contributed by atoms with van der Waals surface area (Å²) in [6, 6.07) is 21.1. The molecule has 356 valence electrons. The van der Waals surface area contributed by atoms with Crippen molar-refractivity contribution in [1.82, 2.24) is 8.61 Å². The minimum atomic E-state index is -4.20. The van der Waals surface area contributed by atoms with E-state index in [0.29, 0.717) is 12.8 Å². The van der Waals surface area contributed by atoms with Crippen LogP contribution in [0.2, 0.25) is 10.0 Å². The molecule has 1 unspecified atom stereocenters. The van der Waals surface area contributed by atoms with Gasteiger partial charge in [0.2, 0.25) is 20.0 Å². The Bertz CT molecular complexity index is 3250. The SMILES string of the molecule is CN(C)S(=O)(=O)c1c(Cl)ccc(Nc2c(NC(CC(C)(C)Cc3cccc([C@@H](Nc4c(Nc5ccc(Cl)c(S(=O)(=O)N(C)C)c5O)c(=O)c4=O)C(C)(C)C)c3)c3ccccc3)c(=O)c2=O)c1O. The van der Waals surface area contributed by atoms with Crippen molar-refractivity contribution in [2.75, 3.05) is 49.5 Å². The molecule has 0 aliphatic carbocycles.